The van der Waals surface area contributed by atoms with E-state index in [1.165, 1.54) is 0 Å². The SMILES string of the molecule is CCCCOCCOCC(O)CNCCCC(N)=O. The molecule has 0 rings (SSSR count). The van der Waals surface area contributed by atoms with E-state index in [-0.39, 0.29) is 5.91 Å². The van der Waals surface area contributed by atoms with Gasteiger partial charge in [-0.15, -0.1) is 0 Å². The van der Waals surface area contributed by atoms with Gasteiger partial charge in [0, 0.05) is 19.6 Å². The molecule has 0 aliphatic rings. The van der Waals surface area contributed by atoms with E-state index >= 15 is 0 Å². The highest BCUT2D eigenvalue weighted by atomic mass is 16.5. The van der Waals surface area contributed by atoms with Crippen molar-refractivity contribution >= 4 is 5.91 Å². The number of carbonyl (C=O) groups is 1. The Kier molecular flexibility index (Phi) is 13.2. The number of rotatable bonds is 14. The fourth-order valence-corrected chi connectivity index (χ4v) is 1.40. The summed E-state index contributed by atoms with van der Waals surface area (Å²) in [4.78, 5) is 10.5. The maximum absolute atomic E-state index is 10.5. The lowest BCUT2D eigenvalue weighted by atomic mass is 10.3. The van der Waals surface area contributed by atoms with Gasteiger partial charge in [0.05, 0.1) is 25.9 Å². The molecule has 0 bridgehead atoms. The van der Waals surface area contributed by atoms with Crippen LogP contribution < -0.4 is 11.1 Å². The normalized spacial score (nSPS) is 12.5. The standard InChI is InChI=1S/C13H28N2O4/c1-2-3-7-18-8-9-19-11-12(16)10-15-6-4-5-13(14)17/h12,15-16H,2-11H2,1H3,(H2,14,17). The molecule has 0 fully saturated rings. The number of aliphatic hydroxyl groups excluding tert-OH is 1. The van der Waals surface area contributed by atoms with Crippen molar-refractivity contribution < 1.29 is 19.4 Å². The molecule has 0 aromatic rings. The Bertz CT molecular complexity index is 215. The molecule has 1 amide bonds. The van der Waals surface area contributed by atoms with Crippen LogP contribution in [0.5, 0.6) is 0 Å². The zero-order valence-corrected chi connectivity index (χ0v) is 11.9. The van der Waals surface area contributed by atoms with Gasteiger partial charge in [-0.1, -0.05) is 13.3 Å². The smallest absolute Gasteiger partial charge is 0.217 e. The largest absolute Gasteiger partial charge is 0.389 e. The van der Waals surface area contributed by atoms with Crippen molar-refractivity contribution in [3.05, 3.63) is 0 Å². The van der Waals surface area contributed by atoms with Crippen molar-refractivity contribution in [1.29, 1.82) is 0 Å². The average Bonchev–Trinajstić information content (AvgIpc) is 2.37. The van der Waals surface area contributed by atoms with Gasteiger partial charge in [-0.2, -0.15) is 0 Å². The summed E-state index contributed by atoms with van der Waals surface area (Å²) in [7, 11) is 0. The summed E-state index contributed by atoms with van der Waals surface area (Å²) >= 11 is 0. The third-order valence-electron chi connectivity index (χ3n) is 2.48. The van der Waals surface area contributed by atoms with Gasteiger partial charge in [-0.3, -0.25) is 4.79 Å². The molecule has 0 saturated carbocycles. The van der Waals surface area contributed by atoms with E-state index in [0.717, 1.165) is 19.4 Å². The number of carbonyl (C=O) groups excluding carboxylic acids is 1. The van der Waals surface area contributed by atoms with Crippen LogP contribution in [0, 0.1) is 0 Å². The molecular formula is C13H28N2O4. The molecule has 6 nitrogen and oxygen atoms in total. The maximum atomic E-state index is 10.5. The van der Waals surface area contributed by atoms with Crippen LogP contribution in [-0.2, 0) is 14.3 Å². The highest BCUT2D eigenvalue weighted by Gasteiger charge is 2.03. The number of nitrogens with one attached hydrogen (secondary N) is 1. The molecule has 0 aliphatic carbocycles. The molecule has 6 heteroatoms. The first kappa shape index (κ1) is 18.3. The van der Waals surface area contributed by atoms with Gasteiger partial charge in [0.25, 0.3) is 0 Å². The molecule has 0 spiro atoms. The van der Waals surface area contributed by atoms with Gasteiger partial charge in [-0.25, -0.2) is 0 Å². The Hall–Kier alpha value is -0.690. The molecule has 0 aliphatic heterocycles. The van der Waals surface area contributed by atoms with Gasteiger partial charge >= 0.3 is 0 Å². The lowest BCUT2D eigenvalue weighted by Gasteiger charge is -2.12. The van der Waals surface area contributed by atoms with Crippen molar-refractivity contribution in [2.24, 2.45) is 5.73 Å². The number of primary amides is 1. The highest BCUT2D eigenvalue weighted by Crippen LogP contribution is 1.90. The fraction of sp³-hybridized carbons (Fsp3) is 0.923. The molecule has 19 heavy (non-hydrogen) atoms. The van der Waals surface area contributed by atoms with Crippen LogP contribution >= 0.6 is 0 Å². The van der Waals surface area contributed by atoms with E-state index in [9.17, 15) is 9.90 Å². The number of unbranched alkanes of at least 4 members (excludes halogenated alkanes) is 1. The molecule has 0 aromatic carbocycles. The van der Waals surface area contributed by atoms with Crippen LogP contribution in [0.2, 0.25) is 0 Å². The van der Waals surface area contributed by atoms with Gasteiger partial charge in [-0.05, 0) is 19.4 Å². The number of aliphatic hydroxyl groups is 1. The molecule has 4 N–H and O–H groups in total. The Morgan fingerprint density at radius 2 is 2.00 bits per heavy atom. The number of ether oxygens (including phenoxy) is 2. The Morgan fingerprint density at radius 3 is 2.68 bits per heavy atom. The monoisotopic (exact) mass is 276 g/mol. The molecule has 0 aromatic heterocycles. The second-order valence-electron chi connectivity index (χ2n) is 4.47. The minimum atomic E-state index is -0.538. The summed E-state index contributed by atoms with van der Waals surface area (Å²) in [6.45, 7) is 5.37. The van der Waals surface area contributed by atoms with Crippen LogP contribution in [0.25, 0.3) is 0 Å². The number of hydrogen-bond donors (Lipinski definition) is 3. The Balaban J connectivity index is 3.16. The summed E-state index contributed by atoms with van der Waals surface area (Å²) in [5.74, 6) is -0.297. The van der Waals surface area contributed by atoms with Gasteiger partial charge < -0.3 is 25.6 Å². The number of hydrogen-bond acceptors (Lipinski definition) is 5. The molecule has 1 atom stereocenters. The van der Waals surface area contributed by atoms with Crippen LogP contribution in [0.3, 0.4) is 0 Å². The van der Waals surface area contributed by atoms with E-state index < -0.39 is 6.10 Å². The average molecular weight is 276 g/mol. The van der Waals surface area contributed by atoms with E-state index in [4.69, 9.17) is 15.2 Å². The second-order valence-corrected chi connectivity index (χ2v) is 4.47. The van der Waals surface area contributed by atoms with Crippen molar-refractivity contribution in [2.75, 3.05) is 39.5 Å². The van der Waals surface area contributed by atoms with E-state index in [0.29, 0.717) is 45.8 Å². The topological polar surface area (TPSA) is 93.8 Å². The van der Waals surface area contributed by atoms with Crippen molar-refractivity contribution in [2.45, 2.75) is 38.7 Å². The first-order valence-electron chi connectivity index (χ1n) is 6.99. The van der Waals surface area contributed by atoms with Gasteiger partial charge in [0.2, 0.25) is 5.91 Å². The lowest BCUT2D eigenvalue weighted by molar-refractivity contribution is -0.118. The highest BCUT2D eigenvalue weighted by molar-refractivity contribution is 5.73. The predicted molar refractivity (Wildman–Crippen MR) is 73.9 cm³/mol. The molecule has 0 radical (unpaired) electrons. The quantitative estimate of drug-likeness (QED) is 0.389. The minimum absolute atomic E-state index is 0.292. The molecule has 0 saturated heterocycles. The van der Waals surface area contributed by atoms with Crippen molar-refractivity contribution in [3.63, 3.8) is 0 Å². The lowest BCUT2D eigenvalue weighted by Crippen LogP contribution is -2.31. The fourth-order valence-electron chi connectivity index (χ4n) is 1.40. The van der Waals surface area contributed by atoms with Crippen LogP contribution in [-0.4, -0.2) is 56.6 Å². The van der Waals surface area contributed by atoms with Gasteiger partial charge in [0.1, 0.15) is 0 Å². The summed E-state index contributed by atoms with van der Waals surface area (Å²) in [6, 6.07) is 0. The van der Waals surface area contributed by atoms with Crippen molar-refractivity contribution in [1.82, 2.24) is 5.32 Å². The van der Waals surface area contributed by atoms with Crippen molar-refractivity contribution in [3.8, 4) is 0 Å². The summed E-state index contributed by atoms with van der Waals surface area (Å²) in [5, 5.41) is 12.6. The van der Waals surface area contributed by atoms with E-state index in [2.05, 4.69) is 12.2 Å². The molecule has 114 valence electrons. The zero-order chi connectivity index (χ0) is 14.3. The summed E-state index contributed by atoms with van der Waals surface area (Å²) in [6.07, 6.45) is 2.71. The van der Waals surface area contributed by atoms with Crippen LogP contribution in [0.15, 0.2) is 0 Å². The van der Waals surface area contributed by atoms with E-state index in [1.807, 2.05) is 0 Å². The van der Waals surface area contributed by atoms with Gasteiger partial charge in [0.15, 0.2) is 0 Å². The third-order valence-corrected chi connectivity index (χ3v) is 2.48. The summed E-state index contributed by atoms with van der Waals surface area (Å²) < 4.78 is 10.6. The second kappa shape index (κ2) is 13.7. The van der Waals surface area contributed by atoms with E-state index in [1.54, 1.807) is 0 Å². The first-order valence-corrected chi connectivity index (χ1v) is 6.99. The van der Waals surface area contributed by atoms with Crippen LogP contribution in [0.4, 0.5) is 0 Å². The predicted octanol–water partition coefficient (Wildman–Crippen LogP) is 0.0357. The number of nitrogens with two attached hydrogens (primary N) is 1. The third kappa shape index (κ3) is 15.3. The zero-order valence-electron chi connectivity index (χ0n) is 11.9. The minimum Gasteiger partial charge on any atom is -0.389 e. The Morgan fingerprint density at radius 1 is 1.26 bits per heavy atom. The Labute approximate surface area is 115 Å². The molecular weight excluding hydrogens is 248 g/mol. The molecule has 0 heterocycles. The number of amides is 1. The maximum Gasteiger partial charge on any atom is 0.217 e. The van der Waals surface area contributed by atoms with Crippen LogP contribution in [0.1, 0.15) is 32.6 Å². The molecule has 1 unspecified atom stereocenters. The first-order chi connectivity index (χ1) is 9.16. The summed E-state index contributed by atoms with van der Waals surface area (Å²) in [5.41, 5.74) is 5.01.